The zero-order chi connectivity index (χ0) is 11.1. The predicted molar refractivity (Wildman–Crippen MR) is 59.1 cm³/mol. The highest BCUT2D eigenvalue weighted by Crippen LogP contribution is 2.34. The molecule has 1 heterocycles. The highest BCUT2D eigenvalue weighted by atomic mass is 35.5. The Bertz CT molecular complexity index is 393. The number of halogens is 1. The van der Waals surface area contributed by atoms with E-state index in [9.17, 15) is 4.79 Å². The first-order valence-electron chi connectivity index (χ1n) is 4.95. The van der Waals surface area contributed by atoms with Crippen LogP contribution in [-0.4, -0.2) is 16.4 Å². The molecule has 80 valence electrons. The number of nitrogens with zero attached hydrogens (tertiary/aromatic N) is 1. The number of aryl methyl sites for hydroxylation is 1. The van der Waals surface area contributed by atoms with Crippen LogP contribution in [0.15, 0.2) is 12.1 Å². The Morgan fingerprint density at radius 3 is 2.73 bits per heavy atom. The van der Waals surface area contributed by atoms with E-state index in [-0.39, 0.29) is 11.4 Å². The van der Waals surface area contributed by atoms with Crippen molar-refractivity contribution in [3.8, 4) is 0 Å². The normalized spacial score (nSPS) is 17.3. The minimum atomic E-state index is -0.0672. The van der Waals surface area contributed by atoms with Crippen molar-refractivity contribution in [3.63, 3.8) is 0 Å². The topological polar surface area (TPSA) is 42.0 Å². The van der Waals surface area contributed by atoms with Crippen LogP contribution in [0.25, 0.3) is 0 Å². The van der Waals surface area contributed by atoms with Gasteiger partial charge >= 0.3 is 0 Å². The quantitative estimate of drug-likeness (QED) is 0.784. The molecule has 0 bridgehead atoms. The number of hydrogen-bond donors (Lipinski definition) is 1. The fourth-order valence-electron chi connectivity index (χ4n) is 1.42. The van der Waals surface area contributed by atoms with Crippen LogP contribution in [0.3, 0.4) is 0 Å². The highest BCUT2D eigenvalue weighted by Gasteiger charge is 2.38. The van der Waals surface area contributed by atoms with E-state index in [0.29, 0.717) is 10.7 Å². The van der Waals surface area contributed by atoms with Crippen molar-refractivity contribution in [2.75, 3.05) is 0 Å². The van der Waals surface area contributed by atoms with Crippen molar-refractivity contribution < 1.29 is 4.79 Å². The van der Waals surface area contributed by atoms with Gasteiger partial charge in [0.1, 0.15) is 5.15 Å². The van der Waals surface area contributed by atoms with Gasteiger partial charge in [0.15, 0.2) is 0 Å². The van der Waals surface area contributed by atoms with E-state index in [4.69, 9.17) is 11.6 Å². The number of carbonyl (C=O) groups excluding carboxylic acids is 1. The van der Waals surface area contributed by atoms with Gasteiger partial charge in [-0.1, -0.05) is 11.6 Å². The average Bonchev–Trinajstić information content (AvgIpc) is 2.81. The summed E-state index contributed by atoms with van der Waals surface area (Å²) in [5.74, 6) is -0.0672. The second-order valence-electron chi connectivity index (χ2n) is 4.33. The zero-order valence-corrected chi connectivity index (χ0v) is 9.56. The van der Waals surface area contributed by atoms with E-state index in [0.717, 1.165) is 18.5 Å². The van der Waals surface area contributed by atoms with E-state index in [1.807, 2.05) is 13.8 Å². The molecule has 0 atom stereocenters. The van der Waals surface area contributed by atoms with Crippen LogP contribution < -0.4 is 5.32 Å². The van der Waals surface area contributed by atoms with Gasteiger partial charge in [-0.2, -0.15) is 0 Å². The maximum Gasteiger partial charge on any atom is 0.251 e. The lowest BCUT2D eigenvalue weighted by Crippen LogP contribution is -2.34. The van der Waals surface area contributed by atoms with E-state index in [2.05, 4.69) is 10.3 Å². The minimum absolute atomic E-state index is 0.000728. The largest absolute Gasteiger partial charge is 0.347 e. The number of nitrogens with one attached hydrogen (secondary N) is 1. The molecule has 4 heteroatoms. The SMILES string of the molecule is Cc1cc(C(=O)NC2(C)CC2)cc(Cl)n1. The van der Waals surface area contributed by atoms with Gasteiger partial charge in [-0.3, -0.25) is 4.79 Å². The molecule has 1 aliphatic carbocycles. The number of amides is 1. The lowest BCUT2D eigenvalue weighted by Gasteiger charge is -2.11. The van der Waals surface area contributed by atoms with Crippen LogP contribution in [0.1, 0.15) is 35.8 Å². The Balaban J connectivity index is 2.17. The van der Waals surface area contributed by atoms with Gasteiger partial charge in [-0.05, 0) is 38.8 Å². The molecular weight excluding hydrogens is 212 g/mol. The van der Waals surface area contributed by atoms with Crippen LogP contribution in [0.5, 0.6) is 0 Å². The van der Waals surface area contributed by atoms with Crippen molar-refractivity contribution in [1.29, 1.82) is 0 Å². The van der Waals surface area contributed by atoms with Crippen LogP contribution in [-0.2, 0) is 0 Å². The Kier molecular flexibility index (Phi) is 2.43. The Morgan fingerprint density at radius 2 is 2.20 bits per heavy atom. The number of rotatable bonds is 2. The molecule has 0 unspecified atom stereocenters. The van der Waals surface area contributed by atoms with Gasteiger partial charge in [0, 0.05) is 16.8 Å². The zero-order valence-electron chi connectivity index (χ0n) is 8.80. The first-order chi connectivity index (χ1) is 6.98. The first kappa shape index (κ1) is 10.4. The van der Waals surface area contributed by atoms with Gasteiger partial charge in [0.2, 0.25) is 0 Å². The van der Waals surface area contributed by atoms with Crippen LogP contribution in [0.4, 0.5) is 0 Å². The lowest BCUT2D eigenvalue weighted by molar-refractivity contribution is 0.0935. The Morgan fingerprint density at radius 1 is 1.53 bits per heavy atom. The van der Waals surface area contributed by atoms with Crippen LogP contribution >= 0.6 is 11.6 Å². The van der Waals surface area contributed by atoms with E-state index in [1.54, 1.807) is 12.1 Å². The van der Waals surface area contributed by atoms with Gasteiger partial charge < -0.3 is 5.32 Å². The van der Waals surface area contributed by atoms with Crippen LogP contribution in [0, 0.1) is 6.92 Å². The van der Waals surface area contributed by atoms with E-state index in [1.165, 1.54) is 0 Å². The summed E-state index contributed by atoms with van der Waals surface area (Å²) >= 11 is 5.79. The van der Waals surface area contributed by atoms with Crippen molar-refractivity contribution in [2.24, 2.45) is 0 Å². The summed E-state index contributed by atoms with van der Waals surface area (Å²) in [6, 6.07) is 3.34. The smallest absolute Gasteiger partial charge is 0.251 e. The van der Waals surface area contributed by atoms with E-state index < -0.39 is 0 Å². The average molecular weight is 225 g/mol. The summed E-state index contributed by atoms with van der Waals surface area (Å²) in [6.07, 6.45) is 2.10. The minimum Gasteiger partial charge on any atom is -0.347 e. The maximum atomic E-state index is 11.8. The molecule has 1 aliphatic rings. The molecule has 1 saturated carbocycles. The van der Waals surface area contributed by atoms with Gasteiger partial charge in [0.05, 0.1) is 0 Å². The second-order valence-corrected chi connectivity index (χ2v) is 4.72. The molecule has 1 fully saturated rings. The summed E-state index contributed by atoms with van der Waals surface area (Å²) in [7, 11) is 0. The summed E-state index contributed by atoms with van der Waals surface area (Å²) in [5.41, 5.74) is 1.34. The predicted octanol–water partition coefficient (Wildman–Crippen LogP) is 2.33. The molecule has 1 N–H and O–H groups in total. The van der Waals surface area contributed by atoms with Crippen molar-refractivity contribution in [2.45, 2.75) is 32.2 Å². The summed E-state index contributed by atoms with van der Waals surface area (Å²) in [4.78, 5) is 15.8. The molecular formula is C11H13ClN2O. The molecule has 0 aliphatic heterocycles. The van der Waals surface area contributed by atoms with Crippen molar-refractivity contribution in [1.82, 2.24) is 10.3 Å². The summed E-state index contributed by atoms with van der Waals surface area (Å²) in [6.45, 7) is 3.86. The molecule has 15 heavy (non-hydrogen) atoms. The summed E-state index contributed by atoms with van der Waals surface area (Å²) in [5, 5.41) is 3.34. The van der Waals surface area contributed by atoms with Crippen molar-refractivity contribution in [3.05, 3.63) is 28.5 Å². The maximum absolute atomic E-state index is 11.8. The number of pyridine rings is 1. The second kappa shape index (κ2) is 3.49. The number of aromatic nitrogens is 1. The number of carbonyl (C=O) groups is 1. The fourth-order valence-corrected chi connectivity index (χ4v) is 1.67. The fraction of sp³-hybridized carbons (Fsp3) is 0.455. The lowest BCUT2D eigenvalue weighted by atomic mass is 10.2. The molecule has 0 aromatic carbocycles. The highest BCUT2D eigenvalue weighted by molar-refractivity contribution is 6.29. The third kappa shape index (κ3) is 2.48. The molecule has 3 nitrogen and oxygen atoms in total. The van der Waals surface area contributed by atoms with Crippen LogP contribution in [0.2, 0.25) is 5.15 Å². The van der Waals surface area contributed by atoms with Gasteiger partial charge in [0.25, 0.3) is 5.91 Å². The van der Waals surface area contributed by atoms with E-state index >= 15 is 0 Å². The molecule has 0 spiro atoms. The molecule has 1 aromatic heterocycles. The third-order valence-electron chi connectivity index (χ3n) is 2.60. The molecule has 0 radical (unpaired) electrons. The third-order valence-corrected chi connectivity index (χ3v) is 2.79. The molecule has 1 aromatic rings. The molecule has 1 amide bonds. The van der Waals surface area contributed by atoms with Gasteiger partial charge in [-0.15, -0.1) is 0 Å². The van der Waals surface area contributed by atoms with Gasteiger partial charge in [-0.25, -0.2) is 4.98 Å². The molecule has 0 saturated heterocycles. The number of hydrogen-bond acceptors (Lipinski definition) is 2. The summed E-state index contributed by atoms with van der Waals surface area (Å²) < 4.78 is 0. The Labute approximate surface area is 93.8 Å². The monoisotopic (exact) mass is 224 g/mol. The van der Waals surface area contributed by atoms with Crippen molar-refractivity contribution >= 4 is 17.5 Å². The standard InChI is InChI=1S/C11H13ClN2O/c1-7-5-8(6-9(12)13-7)10(15)14-11(2)3-4-11/h5-6H,3-4H2,1-2H3,(H,14,15). The Hall–Kier alpha value is -1.09. The molecule has 2 rings (SSSR count). The first-order valence-corrected chi connectivity index (χ1v) is 5.33.